The minimum absolute atomic E-state index is 0.434. The molecular weight excluding hydrogens is 312 g/mol. The van der Waals surface area contributed by atoms with Gasteiger partial charge in [0.1, 0.15) is 0 Å². The molecule has 140 valence electrons. The first-order chi connectivity index (χ1) is 10.7. The second-order valence-electron chi connectivity index (χ2n) is 8.31. The summed E-state index contributed by atoms with van der Waals surface area (Å²) < 4.78 is 7.52. The molecule has 1 atom stereocenters. The molecule has 3 heteroatoms. The Labute approximate surface area is 150 Å². The minimum atomic E-state index is -1.81. The highest BCUT2D eigenvalue weighted by Gasteiger charge is 2.56. The van der Waals surface area contributed by atoms with Crippen LogP contribution < -0.4 is 0 Å². The third-order valence-corrected chi connectivity index (χ3v) is 19.8. The largest absolute Gasteiger partial charge is 0.454 e. The Morgan fingerprint density at radius 3 is 1.39 bits per heavy atom. The van der Waals surface area contributed by atoms with Gasteiger partial charge in [0.15, 0.2) is 16.6 Å². The number of hydrogen-bond acceptors (Lipinski definition) is 1. The van der Waals surface area contributed by atoms with Crippen molar-refractivity contribution in [1.29, 1.82) is 0 Å². The zero-order valence-corrected chi connectivity index (χ0v) is 20.0. The van der Waals surface area contributed by atoms with Crippen LogP contribution in [0.2, 0.25) is 35.3 Å². The van der Waals surface area contributed by atoms with Crippen LogP contribution >= 0.6 is 0 Å². The number of hydrogen-bond donors (Lipinski definition) is 0. The van der Waals surface area contributed by atoms with Crippen molar-refractivity contribution in [3.05, 3.63) is 0 Å². The lowest BCUT2D eigenvalue weighted by atomic mass is 9.89. The van der Waals surface area contributed by atoms with Gasteiger partial charge in [0, 0.05) is 0 Å². The first-order valence-electron chi connectivity index (χ1n) is 10.4. The van der Waals surface area contributed by atoms with Crippen molar-refractivity contribution >= 4 is 16.6 Å². The predicted octanol–water partition coefficient (Wildman–Crippen LogP) is 7.85. The lowest BCUT2D eigenvalue weighted by Crippen LogP contribution is -2.59. The maximum absolute atomic E-state index is 7.52. The number of rotatable bonds is 12. The lowest BCUT2D eigenvalue weighted by Gasteiger charge is -2.55. The predicted molar refractivity (Wildman–Crippen MR) is 112 cm³/mol. The maximum atomic E-state index is 7.52. The van der Waals surface area contributed by atoms with Gasteiger partial charge in [0.05, 0.1) is 0 Å². The smallest absolute Gasteiger partial charge is 0.186 e. The first kappa shape index (κ1) is 23.4. The quantitative estimate of drug-likeness (QED) is 0.323. The van der Waals surface area contributed by atoms with Crippen molar-refractivity contribution in [3.8, 4) is 0 Å². The Kier molecular flexibility index (Phi) is 9.93. The molecule has 0 amide bonds. The summed E-state index contributed by atoms with van der Waals surface area (Å²) in [5.74, 6) is 1.47. The molecule has 0 rings (SSSR count). The molecule has 0 aromatic carbocycles. The van der Waals surface area contributed by atoms with Crippen molar-refractivity contribution in [1.82, 2.24) is 0 Å². The normalized spacial score (nSPS) is 16.2. The SMILES string of the molecule is CCC(CC)(C(C)C)[Si](CC)(CC(C)C)O[Si](CC)(CC)CC. The molecule has 0 aromatic heterocycles. The second kappa shape index (κ2) is 9.77. The summed E-state index contributed by atoms with van der Waals surface area (Å²) in [7, 11) is -3.38. The van der Waals surface area contributed by atoms with Gasteiger partial charge < -0.3 is 4.12 Å². The van der Waals surface area contributed by atoms with Gasteiger partial charge >= 0.3 is 0 Å². The highest BCUT2D eigenvalue weighted by Crippen LogP contribution is 2.57. The van der Waals surface area contributed by atoms with Crippen molar-refractivity contribution in [2.24, 2.45) is 11.8 Å². The van der Waals surface area contributed by atoms with Gasteiger partial charge in [-0.2, -0.15) is 0 Å². The van der Waals surface area contributed by atoms with Crippen molar-refractivity contribution in [2.45, 2.75) is 117 Å². The van der Waals surface area contributed by atoms with Crippen LogP contribution in [0, 0.1) is 11.8 Å². The summed E-state index contributed by atoms with van der Waals surface area (Å²) in [5.41, 5.74) is 0. The van der Waals surface area contributed by atoms with Gasteiger partial charge in [-0.3, -0.25) is 0 Å². The van der Waals surface area contributed by atoms with Crippen molar-refractivity contribution in [3.63, 3.8) is 0 Å². The van der Waals surface area contributed by atoms with Crippen molar-refractivity contribution in [2.75, 3.05) is 0 Å². The van der Waals surface area contributed by atoms with Crippen LogP contribution in [-0.2, 0) is 4.12 Å². The molecule has 0 radical (unpaired) electrons. The van der Waals surface area contributed by atoms with Crippen LogP contribution in [0.25, 0.3) is 0 Å². The van der Waals surface area contributed by atoms with E-state index in [1.165, 1.54) is 43.1 Å². The van der Waals surface area contributed by atoms with E-state index in [-0.39, 0.29) is 0 Å². The van der Waals surface area contributed by atoms with E-state index >= 15 is 0 Å². The second-order valence-corrected chi connectivity index (χ2v) is 17.7. The zero-order valence-electron chi connectivity index (χ0n) is 18.0. The summed E-state index contributed by atoms with van der Waals surface area (Å²) in [4.78, 5) is 0. The third-order valence-electron chi connectivity index (χ3n) is 6.93. The third kappa shape index (κ3) is 4.73. The summed E-state index contributed by atoms with van der Waals surface area (Å²) >= 11 is 0. The molecule has 23 heavy (non-hydrogen) atoms. The van der Waals surface area contributed by atoms with Gasteiger partial charge in [-0.1, -0.05) is 82.1 Å². The molecule has 1 unspecified atom stereocenters. The average molecular weight is 359 g/mol. The zero-order chi connectivity index (χ0) is 18.3. The lowest BCUT2D eigenvalue weighted by molar-refractivity contribution is 0.306. The van der Waals surface area contributed by atoms with E-state index in [0.717, 1.165) is 11.8 Å². The van der Waals surface area contributed by atoms with Crippen LogP contribution in [0.1, 0.15) is 82.1 Å². The topological polar surface area (TPSA) is 9.23 Å². The molecule has 0 bridgehead atoms. The fraction of sp³-hybridized carbons (Fsp3) is 1.00. The summed E-state index contributed by atoms with van der Waals surface area (Å²) in [5, 5.41) is 0.434. The molecule has 0 saturated heterocycles. The van der Waals surface area contributed by atoms with Crippen LogP contribution in [0.5, 0.6) is 0 Å². The van der Waals surface area contributed by atoms with E-state index in [4.69, 9.17) is 4.12 Å². The fourth-order valence-corrected chi connectivity index (χ4v) is 18.5. The highest BCUT2D eigenvalue weighted by molar-refractivity contribution is 6.88. The average Bonchev–Trinajstić information content (AvgIpc) is 2.53. The van der Waals surface area contributed by atoms with Gasteiger partial charge in [0.25, 0.3) is 0 Å². The standard InChI is InChI=1S/C20H46OSi2/c1-11-20(12-2,19(9)10)23(16-6,17-18(7)8)21-22(13-3,14-4)15-5/h18-19H,11-17H2,1-10H3. The molecule has 0 heterocycles. The Hall–Kier alpha value is 0.394. The van der Waals surface area contributed by atoms with Gasteiger partial charge in [-0.15, -0.1) is 0 Å². The molecule has 0 aromatic rings. The molecule has 0 aliphatic carbocycles. The van der Waals surface area contributed by atoms with Crippen LogP contribution in [0.4, 0.5) is 0 Å². The Morgan fingerprint density at radius 2 is 1.17 bits per heavy atom. The molecule has 0 aliphatic heterocycles. The van der Waals surface area contributed by atoms with E-state index < -0.39 is 16.6 Å². The van der Waals surface area contributed by atoms with E-state index in [9.17, 15) is 0 Å². The fourth-order valence-electron chi connectivity index (χ4n) is 5.19. The molecule has 0 N–H and O–H groups in total. The minimum Gasteiger partial charge on any atom is -0.454 e. The van der Waals surface area contributed by atoms with E-state index in [1.807, 2.05) is 0 Å². The first-order valence-corrected chi connectivity index (χ1v) is 15.2. The maximum Gasteiger partial charge on any atom is 0.186 e. The molecule has 0 aliphatic rings. The van der Waals surface area contributed by atoms with Crippen LogP contribution in [0.3, 0.4) is 0 Å². The van der Waals surface area contributed by atoms with Crippen molar-refractivity contribution < 1.29 is 4.12 Å². The van der Waals surface area contributed by atoms with E-state index in [2.05, 4.69) is 69.2 Å². The monoisotopic (exact) mass is 358 g/mol. The van der Waals surface area contributed by atoms with Gasteiger partial charge in [-0.05, 0) is 47.1 Å². The Morgan fingerprint density at radius 1 is 0.739 bits per heavy atom. The summed E-state index contributed by atoms with van der Waals surface area (Å²) in [6.45, 7) is 24.2. The van der Waals surface area contributed by atoms with Gasteiger partial charge in [0.2, 0.25) is 0 Å². The van der Waals surface area contributed by atoms with E-state index in [0.29, 0.717) is 5.04 Å². The molecular formula is C20H46OSi2. The molecule has 0 fully saturated rings. The van der Waals surface area contributed by atoms with Crippen LogP contribution in [0.15, 0.2) is 0 Å². The summed E-state index contributed by atoms with van der Waals surface area (Å²) in [6.07, 6.45) is 2.57. The van der Waals surface area contributed by atoms with E-state index in [1.54, 1.807) is 0 Å². The Bertz CT molecular complexity index is 311. The molecule has 0 saturated carbocycles. The Balaban J connectivity index is 6.18. The molecule has 1 nitrogen and oxygen atoms in total. The summed E-state index contributed by atoms with van der Waals surface area (Å²) in [6, 6.07) is 6.50. The highest BCUT2D eigenvalue weighted by atomic mass is 28.4. The molecule has 0 spiro atoms. The van der Waals surface area contributed by atoms with Crippen LogP contribution in [-0.4, -0.2) is 16.6 Å². The van der Waals surface area contributed by atoms with Gasteiger partial charge in [-0.25, -0.2) is 0 Å².